The number of ether oxygens (including phenoxy) is 1. The van der Waals surface area contributed by atoms with Gasteiger partial charge in [-0.05, 0) is 49.6 Å². The Labute approximate surface area is 292 Å². The van der Waals surface area contributed by atoms with E-state index in [9.17, 15) is 0 Å². The van der Waals surface area contributed by atoms with Gasteiger partial charge in [-0.25, -0.2) is 15.0 Å². The van der Waals surface area contributed by atoms with Gasteiger partial charge in [-0.1, -0.05) is 140 Å². The molecule has 0 aliphatic carbocycles. The van der Waals surface area contributed by atoms with Gasteiger partial charge in [0.05, 0.1) is 11.6 Å². The van der Waals surface area contributed by atoms with Gasteiger partial charge in [0.15, 0.2) is 17.5 Å². The number of benzene rings is 6. The summed E-state index contributed by atoms with van der Waals surface area (Å²) in [5.74, 6) is 2.77. The average molecular weight is 651 g/mol. The van der Waals surface area contributed by atoms with Crippen LogP contribution in [0.2, 0.25) is 0 Å². The number of aromatic nitrogens is 4. The van der Waals surface area contributed by atoms with Crippen molar-refractivity contribution in [3.63, 3.8) is 0 Å². The van der Waals surface area contributed by atoms with Crippen LogP contribution in [0.4, 0.5) is 0 Å². The second-order valence-electron chi connectivity index (χ2n) is 12.7. The third-order valence-electron chi connectivity index (χ3n) is 9.64. The molecule has 2 heterocycles. The van der Waals surface area contributed by atoms with Gasteiger partial charge in [-0.3, -0.25) is 0 Å². The molecule has 0 saturated carbocycles. The Morgan fingerprint density at radius 3 is 1.72 bits per heavy atom. The first kappa shape index (κ1) is 31.2. The molecule has 0 bridgehead atoms. The summed E-state index contributed by atoms with van der Waals surface area (Å²) in [5.41, 5.74) is 8.72. The van der Waals surface area contributed by atoms with Crippen molar-refractivity contribution in [2.75, 3.05) is 0 Å². The predicted octanol–water partition coefficient (Wildman–Crippen LogP) is 11.2. The van der Waals surface area contributed by atoms with E-state index in [1.165, 1.54) is 32.9 Å². The Morgan fingerprint density at radius 1 is 0.520 bits per heavy atom. The van der Waals surface area contributed by atoms with E-state index in [0.29, 0.717) is 17.5 Å². The largest absolute Gasteiger partial charge is 0.488 e. The fraction of sp³-hybridized carbons (Fsp3) is 0.133. The number of rotatable bonds is 9. The molecule has 0 fully saturated rings. The molecule has 50 heavy (non-hydrogen) atoms. The average Bonchev–Trinajstić information content (AvgIpc) is 3.52. The lowest BCUT2D eigenvalue weighted by Crippen LogP contribution is -2.25. The number of fused-ring (bicyclic) bond motifs is 3. The molecular formula is C45H38N4O. The zero-order chi connectivity index (χ0) is 34.0. The molecule has 5 nitrogen and oxygen atoms in total. The lowest BCUT2D eigenvalue weighted by Gasteiger charge is -2.26. The number of nitrogens with zero attached hydrogens (tertiary/aromatic N) is 4. The normalized spacial score (nSPS) is 12.6. The van der Waals surface area contributed by atoms with Crippen LogP contribution in [-0.4, -0.2) is 25.6 Å². The summed E-state index contributed by atoms with van der Waals surface area (Å²) in [7, 11) is 0. The van der Waals surface area contributed by atoms with Gasteiger partial charge in [0.2, 0.25) is 0 Å². The van der Waals surface area contributed by atoms with Crippen molar-refractivity contribution in [3.05, 3.63) is 157 Å². The fourth-order valence-corrected chi connectivity index (χ4v) is 6.94. The van der Waals surface area contributed by atoms with Crippen LogP contribution in [0.25, 0.3) is 67.1 Å². The molecule has 6 aromatic carbocycles. The second kappa shape index (κ2) is 13.4. The molecular weight excluding hydrogens is 613 g/mol. The maximum Gasteiger partial charge on any atom is 0.164 e. The van der Waals surface area contributed by atoms with E-state index in [4.69, 9.17) is 19.7 Å². The standard InChI is InChI=1S/C45H38N4O/c1-4-36-39(45-47-43(33-19-10-6-11-20-33)46-44(48-45)34-21-12-7-13-22-34)24-16-26-42(36)50-31(3)30(2)49-40-25-15-14-23-37(40)38-28-27-35(29-41(38)49)32-17-8-5-9-18-32/h5-31H,4H2,1-3H3/t30-,31?/m1/s1. The van der Waals surface area contributed by atoms with Crippen LogP contribution in [-0.2, 0) is 6.42 Å². The first-order valence-corrected chi connectivity index (χ1v) is 17.3. The monoisotopic (exact) mass is 650 g/mol. The third kappa shape index (κ3) is 5.81. The Hall–Kier alpha value is -6.07. The van der Waals surface area contributed by atoms with Crippen molar-refractivity contribution in [3.8, 4) is 51.0 Å². The summed E-state index contributed by atoms with van der Waals surface area (Å²) in [6, 6.07) is 52.5. The molecule has 0 aliphatic rings. The van der Waals surface area contributed by atoms with Crippen molar-refractivity contribution in [1.82, 2.24) is 19.5 Å². The van der Waals surface area contributed by atoms with Gasteiger partial charge in [-0.15, -0.1) is 0 Å². The topological polar surface area (TPSA) is 52.8 Å². The van der Waals surface area contributed by atoms with Crippen LogP contribution < -0.4 is 4.74 Å². The molecule has 8 aromatic rings. The Bertz CT molecular complexity index is 2360. The van der Waals surface area contributed by atoms with Crippen LogP contribution in [0, 0.1) is 0 Å². The van der Waals surface area contributed by atoms with Crippen molar-refractivity contribution < 1.29 is 4.74 Å². The molecule has 0 saturated heterocycles. The summed E-state index contributed by atoms with van der Waals surface area (Å²) >= 11 is 0. The van der Waals surface area contributed by atoms with Crippen LogP contribution >= 0.6 is 0 Å². The van der Waals surface area contributed by atoms with Crippen LogP contribution in [0.1, 0.15) is 32.4 Å². The van der Waals surface area contributed by atoms with Crippen LogP contribution in [0.15, 0.2) is 152 Å². The minimum Gasteiger partial charge on any atom is -0.488 e. The Morgan fingerprint density at radius 2 is 1.08 bits per heavy atom. The summed E-state index contributed by atoms with van der Waals surface area (Å²) in [6.45, 7) is 6.59. The maximum atomic E-state index is 6.93. The third-order valence-corrected chi connectivity index (χ3v) is 9.64. The van der Waals surface area contributed by atoms with E-state index in [1.807, 2.05) is 66.7 Å². The minimum absolute atomic E-state index is 0.0309. The van der Waals surface area contributed by atoms with Gasteiger partial charge in [0, 0.05) is 38.5 Å². The molecule has 5 heteroatoms. The fourth-order valence-electron chi connectivity index (χ4n) is 6.94. The van der Waals surface area contributed by atoms with E-state index in [2.05, 4.69) is 110 Å². The van der Waals surface area contributed by atoms with Gasteiger partial charge in [0.1, 0.15) is 11.9 Å². The summed E-state index contributed by atoms with van der Waals surface area (Å²) < 4.78 is 9.38. The SMILES string of the molecule is CCc1c(OC(C)[C@@H](C)n2c3ccccc3c3ccc(-c4ccccc4)cc32)cccc1-c1nc(-c2ccccc2)nc(-c2ccccc2)n1. The zero-order valence-electron chi connectivity index (χ0n) is 28.5. The smallest absolute Gasteiger partial charge is 0.164 e. The molecule has 0 aliphatic heterocycles. The highest BCUT2D eigenvalue weighted by atomic mass is 16.5. The molecule has 2 atom stereocenters. The lowest BCUT2D eigenvalue weighted by atomic mass is 10.0. The minimum atomic E-state index is -0.145. The summed E-state index contributed by atoms with van der Waals surface area (Å²) in [5, 5.41) is 2.49. The summed E-state index contributed by atoms with van der Waals surface area (Å²) in [6.07, 6.45) is 0.614. The zero-order valence-corrected chi connectivity index (χ0v) is 28.5. The highest BCUT2D eigenvalue weighted by Crippen LogP contribution is 2.38. The van der Waals surface area contributed by atoms with Gasteiger partial charge in [0.25, 0.3) is 0 Å². The van der Waals surface area contributed by atoms with Crippen LogP contribution in [0.5, 0.6) is 5.75 Å². The molecule has 1 unspecified atom stereocenters. The molecule has 2 aromatic heterocycles. The van der Waals surface area contributed by atoms with Crippen molar-refractivity contribution in [2.24, 2.45) is 0 Å². The Balaban J connectivity index is 1.19. The molecule has 0 radical (unpaired) electrons. The molecule has 0 spiro atoms. The van der Waals surface area contributed by atoms with Gasteiger partial charge < -0.3 is 9.30 Å². The van der Waals surface area contributed by atoms with E-state index >= 15 is 0 Å². The first-order valence-electron chi connectivity index (χ1n) is 17.3. The Kier molecular flexibility index (Phi) is 8.39. The van der Waals surface area contributed by atoms with E-state index in [-0.39, 0.29) is 12.1 Å². The molecule has 8 rings (SSSR count). The molecule has 244 valence electrons. The highest BCUT2D eigenvalue weighted by molar-refractivity contribution is 6.09. The molecule has 0 amide bonds. The number of hydrogen-bond acceptors (Lipinski definition) is 4. The quantitative estimate of drug-likeness (QED) is 0.156. The predicted molar refractivity (Wildman–Crippen MR) is 205 cm³/mol. The van der Waals surface area contributed by atoms with Gasteiger partial charge >= 0.3 is 0 Å². The molecule has 0 N–H and O–H groups in total. The van der Waals surface area contributed by atoms with E-state index in [1.54, 1.807) is 0 Å². The van der Waals surface area contributed by atoms with E-state index < -0.39 is 0 Å². The van der Waals surface area contributed by atoms with Crippen molar-refractivity contribution in [2.45, 2.75) is 39.3 Å². The van der Waals surface area contributed by atoms with Crippen molar-refractivity contribution >= 4 is 21.8 Å². The first-order chi connectivity index (χ1) is 24.6. The van der Waals surface area contributed by atoms with Crippen molar-refractivity contribution in [1.29, 1.82) is 0 Å². The highest BCUT2D eigenvalue weighted by Gasteiger charge is 2.24. The lowest BCUT2D eigenvalue weighted by molar-refractivity contribution is 0.167. The number of para-hydroxylation sites is 1. The summed E-state index contributed by atoms with van der Waals surface area (Å²) in [4.78, 5) is 14.9. The van der Waals surface area contributed by atoms with Crippen LogP contribution in [0.3, 0.4) is 0 Å². The second-order valence-corrected chi connectivity index (χ2v) is 12.7. The van der Waals surface area contributed by atoms with E-state index in [0.717, 1.165) is 34.4 Å². The maximum absolute atomic E-state index is 6.93. The van der Waals surface area contributed by atoms with Gasteiger partial charge in [-0.2, -0.15) is 0 Å². The number of hydrogen-bond donors (Lipinski definition) is 0.